The molecule has 0 atom stereocenters. The van der Waals surface area contributed by atoms with E-state index >= 15 is 0 Å². The first kappa shape index (κ1) is 24.1. The van der Waals surface area contributed by atoms with E-state index in [9.17, 15) is 13.2 Å². The lowest BCUT2D eigenvalue weighted by atomic mass is 10.2. The van der Waals surface area contributed by atoms with Crippen molar-refractivity contribution >= 4 is 27.5 Å². The van der Waals surface area contributed by atoms with E-state index in [0.29, 0.717) is 32.8 Å². The van der Waals surface area contributed by atoms with E-state index in [1.807, 2.05) is 0 Å². The number of sulfonamides is 1. The van der Waals surface area contributed by atoms with Crippen molar-refractivity contribution in [2.24, 2.45) is 0 Å². The van der Waals surface area contributed by atoms with Crippen LogP contribution in [0.2, 0.25) is 5.02 Å². The summed E-state index contributed by atoms with van der Waals surface area (Å²) in [6, 6.07) is 4.34. The SMILES string of the molecule is CCN(CC)S(=O)(=O)c1cc(C(=O)NCCN2CCOCC2)ccc1Cl.[Cl-]. The van der Waals surface area contributed by atoms with Gasteiger partial charge in [-0.15, -0.1) is 0 Å². The van der Waals surface area contributed by atoms with E-state index < -0.39 is 10.0 Å². The summed E-state index contributed by atoms with van der Waals surface area (Å²) in [5.41, 5.74) is 0.280. The lowest BCUT2D eigenvalue weighted by Crippen LogP contribution is -3.00. The van der Waals surface area contributed by atoms with Gasteiger partial charge in [-0.2, -0.15) is 4.31 Å². The fourth-order valence-electron chi connectivity index (χ4n) is 2.80. The summed E-state index contributed by atoms with van der Waals surface area (Å²) < 4.78 is 32.0. The van der Waals surface area contributed by atoms with Crippen LogP contribution in [0.4, 0.5) is 0 Å². The second-order valence-electron chi connectivity index (χ2n) is 5.94. The summed E-state index contributed by atoms with van der Waals surface area (Å²) in [7, 11) is -3.73. The maximum absolute atomic E-state index is 12.7. The maximum atomic E-state index is 12.7. The molecule has 0 aromatic heterocycles. The Morgan fingerprint density at radius 2 is 1.89 bits per heavy atom. The quantitative estimate of drug-likeness (QED) is 0.530. The third-order valence-corrected chi connectivity index (χ3v) is 6.87. The van der Waals surface area contributed by atoms with Crippen LogP contribution in [0.3, 0.4) is 0 Å². The molecule has 1 amide bonds. The Bertz CT molecular complexity index is 721. The fraction of sp³-hybridized carbons (Fsp3) is 0.588. The van der Waals surface area contributed by atoms with E-state index in [4.69, 9.17) is 16.3 Å². The molecule has 27 heavy (non-hydrogen) atoms. The maximum Gasteiger partial charge on any atom is 0.251 e. The molecule has 1 aromatic rings. The first-order chi connectivity index (χ1) is 12.4. The molecular formula is C17H26Cl2N3O4S-. The fourth-order valence-corrected chi connectivity index (χ4v) is 4.76. The number of carbonyl (C=O) groups excluding carboxylic acids is 1. The number of hydrogen-bond donors (Lipinski definition) is 1. The number of benzene rings is 1. The zero-order valence-corrected chi connectivity index (χ0v) is 17.9. The van der Waals surface area contributed by atoms with Crippen LogP contribution in [0.5, 0.6) is 0 Å². The molecule has 154 valence electrons. The van der Waals surface area contributed by atoms with Crippen LogP contribution in [0.1, 0.15) is 24.2 Å². The summed E-state index contributed by atoms with van der Waals surface area (Å²) >= 11 is 6.09. The highest BCUT2D eigenvalue weighted by Crippen LogP contribution is 2.25. The van der Waals surface area contributed by atoms with E-state index in [-0.39, 0.29) is 33.8 Å². The van der Waals surface area contributed by atoms with Crippen molar-refractivity contribution in [2.75, 3.05) is 52.5 Å². The first-order valence-electron chi connectivity index (χ1n) is 8.78. The zero-order chi connectivity index (χ0) is 19.2. The van der Waals surface area contributed by atoms with Gasteiger partial charge in [0.05, 0.1) is 18.2 Å². The van der Waals surface area contributed by atoms with E-state index in [1.165, 1.54) is 22.5 Å². The van der Waals surface area contributed by atoms with Gasteiger partial charge < -0.3 is 22.5 Å². The van der Waals surface area contributed by atoms with Crippen molar-refractivity contribution in [3.8, 4) is 0 Å². The van der Waals surface area contributed by atoms with Gasteiger partial charge in [-0.25, -0.2) is 8.42 Å². The summed E-state index contributed by atoms with van der Waals surface area (Å²) in [6.07, 6.45) is 0. The minimum absolute atomic E-state index is 0. The molecule has 1 fully saturated rings. The molecule has 0 unspecified atom stereocenters. The molecule has 0 radical (unpaired) electrons. The Hall–Kier alpha value is -0.900. The largest absolute Gasteiger partial charge is 1.00 e. The Balaban J connectivity index is 0.00000364. The number of halogens is 2. The molecule has 0 spiro atoms. The molecule has 0 bridgehead atoms. The van der Waals surface area contributed by atoms with Gasteiger partial charge in [0.25, 0.3) is 5.91 Å². The minimum atomic E-state index is -3.73. The Labute approximate surface area is 172 Å². The average Bonchev–Trinajstić information content (AvgIpc) is 2.63. The molecule has 2 rings (SSSR count). The molecule has 1 aromatic carbocycles. The molecule has 1 aliphatic heterocycles. The van der Waals surface area contributed by atoms with Crippen LogP contribution >= 0.6 is 11.6 Å². The summed E-state index contributed by atoms with van der Waals surface area (Å²) in [6.45, 7) is 8.53. The Morgan fingerprint density at radius 1 is 1.26 bits per heavy atom. The van der Waals surface area contributed by atoms with Crippen LogP contribution < -0.4 is 17.7 Å². The standard InChI is InChI=1S/C17H26ClN3O4S.ClH/c1-3-21(4-2)26(23,24)16-13-14(5-6-15(16)18)17(22)19-7-8-20-9-11-25-12-10-20;/h5-6,13H,3-4,7-12H2,1-2H3,(H,19,22);1H/p-1. The third kappa shape index (κ3) is 6.30. The minimum Gasteiger partial charge on any atom is -1.00 e. The van der Waals surface area contributed by atoms with E-state index in [0.717, 1.165) is 19.6 Å². The van der Waals surface area contributed by atoms with Gasteiger partial charge in [-0.05, 0) is 18.2 Å². The van der Waals surface area contributed by atoms with Crippen molar-refractivity contribution < 1.29 is 30.4 Å². The Kier molecular flexibility index (Phi) is 10.0. The molecule has 1 N–H and O–H groups in total. The molecule has 1 saturated heterocycles. The number of ether oxygens (including phenoxy) is 1. The highest BCUT2D eigenvalue weighted by molar-refractivity contribution is 7.89. The van der Waals surface area contributed by atoms with Gasteiger partial charge >= 0.3 is 0 Å². The highest BCUT2D eigenvalue weighted by Gasteiger charge is 2.25. The monoisotopic (exact) mass is 438 g/mol. The molecule has 10 heteroatoms. The van der Waals surface area contributed by atoms with Crippen molar-refractivity contribution in [3.05, 3.63) is 28.8 Å². The van der Waals surface area contributed by atoms with Crippen LogP contribution in [0.15, 0.2) is 23.1 Å². The van der Waals surface area contributed by atoms with Crippen LogP contribution in [0.25, 0.3) is 0 Å². The average molecular weight is 439 g/mol. The molecule has 7 nitrogen and oxygen atoms in total. The molecular weight excluding hydrogens is 413 g/mol. The lowest BCUT2D eigenvalue weighted by molar-refractivity contribution is -0.0000187. The molecule has 0 saturated carbocycles. The second-order valence-corrected chi connectivity index (χ2v) is 8.26. The normalized spacial score (nSPS) is 15.4. The second kappa shape index (κ2) is 11.2. The van der Waals surface area contributed by atoms with Crippen LogP contribution in [-0.2, 0) is 14.8 Å². The molecule has 0 aliphatic carbocycles. The van der Waals surface area contributed by atoms with Crippen molar-refractivity contribution in [1.29, 1.82) is 0 Å². The number of morpholine rings is 1. The highest BCUT2D eigenvalue weighted by atomic mass is 35.5. The predicted molar refractivity (Wildman–Crippen MR) is 101 cm³/mol. The summed E-state index contributed by atoms with van der Waals surface area (Å²) in [5.74, 6) is -0.314. The predicted octanol–water partition coefficient (Wildman–Crippen LogP) is -1.56. The molecule has 1 aliphatic rings. The number of hydrogen-bond acceptors (Lipinski definition) is 5. The van der Waals surface area contributed by atoms with Crippen molar-refractivity contribution in [3.63, 3.8) is 0 Å². The summed E-state index contributed by atoms with van der Waals surface area (Å²) in [4.78, 5) is 14.6. The van der Waals surface area contributed by atoms with Gasteiger partial charge in [0.1, 0.15) is 4.90 Å². The van der Waals surface area contributed by atoms with Gasteiger partial charge in [0.15, 0.2) is 0 Å². The van der Waals surface area contributed by atoms with Gasteiger partial charge in [-0.1, -0.05) is 25.4 Å². The van der Waals surface area contributed by atoms with Crippen LogP contribution in [0, 0.1) is 0 Å². The smallest absolute Gasteiger partial charge is 0.251 e. The zero-order valence-electron chi connectivity index (χ0n) is 15.6. The first-order valence-corrected chi connectivity index (χ1v) is 10.6. The number of amides is 1. The van der Waals surface area contributed by atoms with Crippen molar-refractivity contribution in [1.82, 2.24) is 14.5 Å². The number of nitrogens with one attached hydrogen (secondary N) is 1. The third-order valence-electron chi connectivity index (χ3n) is 4.33. The topological polar surface area (TPSA) is 79.0 Å². The Morgan fingerprint density at radius 3 is 2.48 bits per heavy atom. The number of rotatable bonds is 8. The molecule has 1 heterocycles. The van der Waals surface area contributed by atoms with Gasteiger partial charge in [0.2, 0.25) is 10.0 Å². The number of carbonyl (C=O) groups is 1. The number of nitrogens with zero attached hydrogens (tertiary/aromatic N) is 2. The van der Waals surface area contributed by atoms with Crippen LogP contribution in [-0.4, -0.2) is 76.0 Å². The van der Waals surface area contributed by atoms with Gasteiger partial charge in [0, 0.05) is 44.8 Å². The van der Waals surface area contributed by atoms with Crippen molar-refractivity contribution in [2.45, 2.75) is 18.7 Å². The van der Waals surface area contributed by atoms with Gasteiger partial charge in [-0.3, -0.25) is 9.69 Å². The summed E-state index contributed by atoms with van der Waals surface area (Å²) in [5, 5.41) is 2.94. The van der Waals surface area contributed by atoms with E-state index in [1.54, 1.807) is 13.8 Å². The van der Waals surface area contributed by atoms with E-state index in [2.05, 4.69) is 10.2 Å². The lowest BCUT2D eigenvalue weighted by Gasteiger charge is -2.26.